The van der Waals surface area contributed by atoms with Gasteiger partial charge in [0.25, 0.3) is 0 Å². The summed E-state index contributed by atoms with van der Waals surface area (Å²) in [5.41, 5.74) is 0.433. The van der Waals surface area contributed by atoms with E-state index in [9.17, 15) is 13.2 Å². The van der Waals surface area contributed by atoms with E-state index >= 15 is 0 Å². The fourth-order valence-corrected chi connectivity index (χ4v) is 4.94. The van der Waals surface area contributed by atoms with Crippen LogP contribution in [0.1, 0.15) is 19.4 Å². The SMILES string of the molecule is CCSc1ccc2c(SCC)c(-c3nc4cc(C(F)(F)F)cnc4n3C)ncc2c1. The minimum Gasteiger partial charge on any atom is -0.310 e. The molecule has 0 bridgehead atoms. The molecule has 0 amide bonds. The van der Waals surface area contributed by atoms with Gasteiger partial charge in [-0.15, -0.1) is 23.5 Å². The van der Waals surface area contributed by atoms with Gasteiger partial charge in [-0.05, 0) is 35.1 Å². The molecule has 4 rings (SSSR count). The van der Waals surface area contributed by atoms with Gasteiger partial charge in [-0.25, -0.2) is 9.97 Å². The number of hydrogen-bond acceptors (Lipinski definition) is 5. The maximum Gasteiger partial charge on any atom is 0.417 e. The number of aryl methyl sites for hydroxylation is 1. The van der Waals surface area contributed by atoms with Crippen molar-refractivity contribution < 1.29 is 13.2 Å². The van der Waals surface area contributed by atoms with Crippen molar-refractivity contribution in [1.29, 1.82) is 0 Å². The van der Waals surface area contributed by atoms with Crippen molar-refractivity contribution >= 4 is 45.5 Å². The summed E-state index contributed by atoms with van der Waals surface area (Å²) in [5, 5.41) is 2.09. The number of rotatable bonds is 5. The topological polar surface area (TPSA) is 43.6 Å². The summed E-state index contributed by atoms with van der Waals surface area (Å²) in [6, 6.07) is 7.32. The van der Waals surface area contributed by atoms with Gasteiger partial charge >= 0.3 is 6.18 Å². The second-order valence-electron chi connectivity index (χ2n) is 6.61. The molecule has 0 N–H and O–H groups in total. The number of benzene rings is 1. The van der Waals surface area contributed by atoms with Crippen molar-refractivity contribution in [2.75, 3.05) is 11.5 Å². The Hall–Kier alpha value is -2.26. The quantitative estimate of drug-likeness (QED) is 0.329. The normalized spacial score (nSPS) is 12.2. The van der Waals surface area contributed by atoms with Gasteiger partial charge in [0.05, 0.1) is 5.56 Å². The molecule has 0 aliphatic rings. The van der Waals surface area contributed by atoms with Crippen molar-refractivity contribution in [2.24, 2.45) is 7.05 Å². The molecule has 156 valence electrons. The fourth-order valence-electron chi connectivity index (χ4n) is 3.32. The Morgan fingerprint density at radius 2 is 1.77 bits per heavy atom. The zero-order chi connectivity index (χ0) is 21.5. The molecule has 0 aliphatic carbocycles. The molecular formula is C21H19F3N4S2. The Bertz CT molecular complexity index is 1230. The van der Waals surface area contributed by atoms with Crippen molar-refractivity contribution in [3.63, 3.8) is 0 Å². The minimum absolute atomic E-state index is 0.200. The lowest BCUT2D eigenvalue weighted by molar-refractivity contribution is -0.137. The highest BCUT2D eigenvalue weighted by molar-refractivity contribution is 7.99. The van der Waals surface area contributed by atoms with E-state index in [0.29, 0.717) is 17.2 Å². The van der Waals surface area contributed by atoms with Gasteiger partial charge < -0.3 is 4.57 Å². The van der Waals surface area contributed by atoms with E-state index in [1.54, 1.807) is 41.3 Å². The smallest absolute Gasteiger partial charge is 0.310 e. The van der Waals surface area contributed by atoms with Gasteiger partial charge in [0.1, 0.15) is 11.2 Å². The molecule has 0 unspecified atom stereocenters. The molecule has 4 nitrogen and oxygen atoms in total. The number of pyridine rings is 2. The Balaban J connectivity index is 1.91. The first-order valence-corrected chi connectivity index (χ1v) is 11.4. The molecule has 9 heteroatoms. The molecule has 3 heterocycles. The van der Waals surface area contributed by atoms with Gasteiger partial charge in [0.15, 0.2) is 11.5 Å². The van der Waals surface area contributed by atoms with Gasteiger partial charge in [0.2, 0.25) is 0 Å². The number of thioether (sulfide) groups is 2. The van der Waals surface area contributed by atoms with Crippen LogP contribution in [0, 0.1) is 0 Å². The second kappa shape index (κ2) is 8.11. The number of fused-ring (bicyclic) bond motifs is 2. The summed E-state index contributed by atoms with van der Waals surface area (Å²) in [5.74, 6) is 2.32. The molecule has 0 atom stereocenters. The van der Waals surface area contributed by atoms with Gasteiger partial charge in [-0.2, -0.15) is 13.2 Å². The van der Waals surface area contributed by atoms with Crippen LogP contribution in [0.3, 0.4) is 0 Å². The maximum atomic E-state index is 13.1. The second-order valence-corrected chi connectivity index (χ2v) is 9.22. The van der Waals surface area contributed by atoms with Crippen molar-refractivity contribution in [3.8, 4) is 11.5 Å². The lowest BCUT2D eigenvalue weighted by Gasteiger charge is -2.12. The average Bonchev–Trinajstić information content (AvgIpc) is 3.04. The highest BCUT2D eigenvalue weighted by atomic mass is 32.2. The van der Waals surface area contributed by atoms with Crippen LogP contribution in [0.25, 0.3) is 33.5 Å². The lowest BCUT2D eigenvalue weighted by atomic mass is 10.1. The molecule has 0 spiro atoms. The fraction of sp³-hybridized carbons (Fsp3) is 0.286. The van der Waals surface area contributed by atoms with Crippen molar-refractivity contribution in [3.05, 3.63) is 42.2 Å². The van der Waals surface area contributed by atoms with Gasteiger partial charge in [0, 0.05) is 34.6 Å². The summed E-state index contributed by atoms with van der Waals surface area (Å²) in [7, 11) is 1.75. The van der Waals surface area contributed by atoms with E-state index in [0.717, 1.165) is 39.4 Å². The van der Waals surface area contributed by atoms with Crippen molar-refractivity contribution in [1.82, 2.24) is 19.5 Å². The summed E-state index contributed by atoms with van der Waals surface area (Å²) in [4.78, 5) is 15.3. The summed E-state index contributed by atoms with van der Waals surface area (Å²) < 4.78 is 40.9. The first-order chi connectivity index (χ1) is 14.3. The van der Waals surface area contributed by atoms with Crippen LogP contribution in [-0.4, -0.2) is 31.0 Å². The van der Waals surface area contributed by atoms with Crippen LogP contribution >= 0.6 is 23.5 Å². The molecule has 0 radical (unpaired) electrons. The number of alkyl halides is 3. The number of imidazole rings is 1. The summed E-state index contributed by atoms with van der Waals surface area (Å²) in [6.45, 7) is 4.17. The third-order valence-corrected chi connectivity index (χ3v) is 6.53. The monoisotopic (exact) mass is 448 g/mol. The van der Waals surface area contributed by atoms with Gasteiger partial charge in [-0.1, -0.05) is 19.9 Å². The third-order valence-electron chi connectivity index (χ3n) is 4.66. The molecule has 0 aliphatic heterocycles. The summed E-state index contributed by atoms with van der Waals surface area (Å²) in [6.07, 6.45) is -1.81. The number of halogens is 3. The zero-order valence-electron chi connectivity index (χ0n) is 16.6. The minimum atomic E-state index is -4.46. The highest BCUT2D eigenvalue weighted by Gasteiger charge is 2.32. The molecule has 0 fully saturated rings. The first kappa shape index (κ1) is 21.0. The van der Waals surface area contributed by atoms with E-state index < -0.39 is 11.7 Å². The Kier molecular flexibility index (Phi) is 5.67. The first-order valence-electron chi connectivity index (χ1n) is 9.41. The van der Waals surface area contributed by atoms with E-state index in [1.807, 2.05) is 0 Å². The zero-order valence-corrected chi connectivity index (χ0v) is 18.3. The standard InChI is InChI=1S/C21H19F3N4S2/c1-4-29-14-6-7-15-12(8-14)10-25-17(18(15)30-5-2)20-27-16-9-13(21(22,23)24)11-26-19(16)28(20)3/h6-11H,4-5H2,1-3H3. The van der Waals surface area contributed by atoms with E-state index in [1.165, 1.54) is 4.90 Å². The Morgan fingerprint density at radius 3 is 2.47 bits per heavy atom. The van der Waals surface area contributed by atoms with Crippen molar-refractivity contribution in [2.45, 2.75) is 29.8 Å². The number of aromatic nitrogens is 4. The molecule has 30 heavy (non-hydrogen) atoms. The van der Waals surface area contributed by atoms with Gasteiger partial charge in [-0.3, -0.25) is 4.98 Å². The third kappa shape index (κ3) is 3.76. The molecular weight excluding hydrogens is 429 g/mol. The molecule has 0 saturated carbocycles. The average molecular weight is 449 g/mol. The van der Waals surface area contributed by atoms with Crippen LogP contribution < -0.4 is 0 Å². The van der Waals surface area contributed by atoms with Crippen LogP contribution in [0.15, 0.2) is 46.5 Å². The van der Waals surface area contributed by atoms with Crippen LogP contribution in [0.2, 0.25) is 0 Å². The Labute approximate surface area is 180 Å². The highest BCUT2D eigenvalue weighted by Crippen LogP contribution is 2.38. The predicted octanol–water partition coefficient (Wildman–Crippen LogP) is 6.43. The number of hydrogen-bond donors (Lipinski definition) is 0. The number of nitrogens with zero attached hydrogens (tertiary/aromatic N) is 4. The summed E-state index contributed by atoms with van der Waals surface area (Å²) >= 11 is 3.42. The largest absolute Gasteiger partial charge is 0.417 e. The van der Waals surface area contributed by atoms with Crippen LogP contribution in [-0.2, 0) is 13.2 Å². The van der Waals surface area contributed by atoms with E-state index in [-0.39, 0.29) is 5.52 Å². The predicted molar refractivity (Wildman–Crippen MR) is 117 cm³/mol. The lowest BCUT2D eigenvalue weighted by Crippen LogP contribution is -2.05. The van der Waals surface area contributed by atoms with Crippen LogP contribution in [0.4, 0.5) is 13.2 Å². The molecule has 3 aromatic heterocycles. The van der Waals surface area contributed by atoms with E-state index in [4.69, 9.17) is 0 Å². The molecule has 4 aromatic rings. The Morgan fingerprint density at radius 1 is 1.00 bits per heavy atom. The van der Waals surface area contributed by atoms with Crippen LogP contribution in [0.5, 0.6) is 0 Å². The molecule has 1 aromatic carbocycles. The van der Waals surface area contributed by atoms with E-state index in [2.05, 4.69) is 47.0 Å². The molecule has 0 saturated heterocycles. The maximum absolute atomic E-state index is 13.1.